The molecule has 0 radical (unpaired) electrons. The molecular formula is C31H40N4O3. The molecule has 3 saturated heterocycles. The summed E-state index contributed by atoms with van der Waals surface area (Å²) >= 11 is 0. The van der Waals surface area contributed by atoms with Crippen LogP contribution in [-0.4, -0.2) is 78.4 Å². The van der Waals surface area contributed by atoms with Crippen LogP contribution in [0.2, 0.25) is 0 Å². The van der Waals surface area contributed by atoms with E-state index in [2.05, 4.69) is 58.6 Å². The van der Waals surface area contributed by atoms with Gasteiger partial charge in [-0.15, -0.1) is 0 Å². The number of carbonyl (C=O) groups is 2. The van der Waals surface area contributed by atoms with Gasteiger partial charge in [-0.3, -0.25) is 14.5 Å². The number of benzene rings is 2. The van der Waals surface area contributed by atoms with E-state index in [1.165, 1.54) is 29.5 Å². The van der Waals surface area contributed by atoms with Crippen LogP contribution in [0.15, 0.2) is 48.5 Å². The number of ether oxygens (including phenoxy) is 1. The third kappa shape index (κ3) is 4.60. The Balaban J connectivity index is 1.23. The average Bonchev–Trinajstić information content (AvgIpc) is 3.63. The molecule has 1 aliphatic carbocycles. The van der Waals surface area contributed by atoms with Gasteiger partial charge in [-0.2, -0.15) is 0 Å². The maximum absolute atomic E-state index is 14.3. The predicted molar refractivity (Wildman–Crippen MR) is 147 cm³/mol. The Labute approximate surface area is 226 Å². The Morgan fingerprint density at radius 3 is 2.29 bits per heavy atom. The van der Waals surface area contributed by atoms with Crippen molar-refractivity contribution in [1.82, 2.24) is 20.0 Å². The standard InChI is InChI=1S/C31H40N4O3/c1-33-28(25-11-9-24(10-12-25)23-7-8-23)35(19-15-22-5-13-26(38-2)14-6-22)30(37)31(33)16-20-34(21-17-31)29(36)27-4-3-18-32-27/h5-6,9-14,23,27-28,32H,3-4,7-8,15-21H2,1-2H3/t27-,28?/m1/s1. The largest absolute Gasteiger partial charge is 0.497 e. The van der Waals surface area contributed by atoms with E-state index in [0.717, 1.165) is 31.6 Å². The molecule has 2 aromatic rings. The molecule has 6 rings (SSSR count). The first kappa shape index (κ1) is 25.4. The summed E-state index contributed by atoms with van der Waals surface area (Å²) in [4.78, 5) is 33.7. The van der Waals surface area contributed by atoms with Crippen LogP contribution < -0.4 is 10.1 Å². The van der Waals surface area contributed by atoms with E-state index in [1.54, 1.807) is 7.11 Å². The number of likely N-dealkylation sites (N-methyl/N-ethyl adjacent to an activating group) is 1. The van der Waals surface area contributed by atoms with Crippen molar-refractivity contribution < 1.29 is 14.3 Å². The molecule has 4 fully saturated rings. The van der Waals surface area contributed by atoms with E-state index in [4.69, 9.17) is 4.74 Å². The topological polar surface area (TPSA) is 65.1 Å². The fourth-order valence-electron chi connectivity index (χ4n) is 6.78. The van der Waals surface area contributed by atoms with Gasteiger partial charge >= 0.3 is 0 Å². The molecule has 2 atom stereocenters. The maximum atomic E-state index is 14.3. The zero-order valence-corrected chi connectivity index (χ0v) is 22.7. The van der Waals surface area contributed by atoms with Crippen molar-refractivity contribution in [2.45, 2.75) is 68.6 Å². The van der Waals surface area contributed by atoms with E-state index < -0.39 is 5.54 Å². The lowest BCUT2D eigenvalue weighted by Crippen LogP contribution is -2.57. The van der Waals surface area contributed by atoms with Crippen LogP contribution in [0.5, 0.6) is 5.75 Å². The highest BCUT2D eigenvalue weighted by atomic mass is 16.5. The van der Waals surface area contributed by atoms with Crippen LogP contribution in [0.25, 0.3) is 0 Å². The Kier molecular flexibility index (Phi) is 6.91. The molecular weight excluding hydrogens is 476 g/mol. The van der Waals surface area contributed by atoms with E-state index >= 15 is 0 Å². The molecule has 7 heteroatoms. The molecule has 3 heterocycles. The highest BCUT2D eigenvalue weighted by Gasteiger charge is 2.57. The molecule has 4 aliphatic rings. The number of likely N-dealkylation sites (tertiary alicyclic amines) is 1. The molecule has 1 N–H and O–H groups in total. The normalized spacial score (nSPS) is 25.4. The number of hydrogen-bond acceptors (Lipinski definition) is 5. The van der Waals surface area contributed by atoms with Gasteiger partial charge in [0.15, 0.2) is 0 Å². The molecule has 2 amide bonds. The van der Waals surface area contributed by atoms with E-state index in [9.17, 15) is 9.59 Å². The molecule has 0 bridgehead atoms. The molecule has 3 aliphatic heterocycles. The molecule has 202 valence electrons. The van der Waals surface area contributed by atoms with E-state index in [1.807, 2.05) is 17.0 Å². The zero-order chi connectivity index (χ0) is 26.3. The fourth-order valence-corrected chi connectivity index (χ4v) is 6.78. The van der Waals surface area contributed by atoms with Crippen molar-refractivity contribution in [2.24, 2.45) is 0 Å². The number of nitrogens with zero attached hydrogens (tertiary/aromatic N) is 3. The monoisotopic (exact) mass is 516 g/mol. The second kappa shape index (κ2) is 10.3. The average molecular weight is 517 g/mol. The van der Waals surface area contributed by atoms with Gasteiger partial charge in [0.1, 0.15) is 17.5 Å². The summed E-state index contributed by atoms with van der Waals surface area (Å²) in [5.74, 6) is 1.96. The summed E-state index contributed by atoms with van der Waals surface area (Å²) < 4.78 is 5.31. The number of amides is 2. The van der Waals surface area contributed by atoms with Crippen LogP contribution in [0.4, 0.5) is 0 Å². The third-order valence-corrected chi connectivity index (χ3v) is 9.34. The van der Waals surface area contributed by atoms with Crippen molar-refractivity contribution in [3.63, 3.8) is 0 Å². The highest BCUT2D eigenvalue weighted by molar-refractivity contribution is 5.90. The zero-order valence-electron chi connectivity index (χ0n) is 22.7. The number of piperidine rings is 1. The van der Waals surface area contributed by atoms with Crippen molar-refractivity contribution >= 4 is 11.8 Å². The van der Waals surface area contributed by atoms with Gasteiger partial charge in [-0.1, -0.05) is 36.4 Å². The Morgan fingerprint density at radius 2 is 1.68 bits per heavy atom. The molecule has 1 unspecified atom stereocenters. The van der Waals surface area contributed by atoms with Crippen LogP contribution in [0, 0.1) is 0 Å². The van der Waals surface area contributed by atoms with Gasteiger partial charge in [0.05, 0.1) is 13.2 Å². The lowest BCUT2D eigenvalue weighted by molar-refractivity contribution is -0.141. The summed E-state index contributed by atoms with van der Waals surface area (Å²) in [7, 11) is 3.79. The van der Waals surface area contributed by atoms with Crippen molar-refractivity contribution in [2.75, 3.05) is 40.3 Å². The van der Waals surface area contributed by atoms with Crippen LogP contribution in [0.1, 0.15) is 67.3 Å². The number of methoxy groups -OCH3 is 1. The number of rotatable bonds is 7. The van der Waals surface area contributed by atoms with Crippen LogP contribution >= 0.6 is 0 Å². The lowest BCUT2D eigenvalue weighted by atomic mass is 9.85. The minimum atomic E-state index is -0.570. The first-order valence-electron chi connectivity index (χ1n) is 14.3. The van der Waals surface area contributed by atoms with Crippen molar-refractivity contribution in [3.05, 3.63) is 65.2 Å². The van der Waals surface area contributed by atoms with Crippen molar-refractivity contribution in [3.8, 4) is 5.75 Å². The second-order valence-electron chi connectivity index (χ2n) is 11.5. The van der Waals surface area contributed by atoms with Gasteiger partial charge in [-0.05, 0) is 93.3 Å². The van der Waals surface area contributed by atoms with Crippen LogP contribution in [-0.2, 0) is 16.0 Å². The number of nitrogens with one attached hydrogen (secondary N) is 1. The predicted octanol–water partition coefficient (Wildman–Crippen LogP) is 3.70. The minimum Gasteiger partial charge on any atom is -0.497 e. The Bertz CT molecular complexity index is 1150. The smallest absolute Gasteiger partial charge is 0.244 e. The summed E-state index contributed by atoms with van der Waals surface area (Å²) in [6.07, 6.45) is 6.57. The van der Waals surface area contributed by atoms with Gasteiger partial charge in [0.25, 0.3) is 0 Å². The van der Waals surface area contributed by atoms with Gasteiger partial charge in [0, 0.05) is 19.6 Å². The minimum absolute atomic E-state index is 0.0558. The van der Waals surface area contributed by atoms with Crippen molar-refractivity contribution in [1.29, 1.82) is 0 Å². The molecule has 0 aromatic heterocycles. The maximum Gasteiger partial charge on any atom is 0.244 e. The van der Waals surface area contributed by atoms with Crippen LogP contribution in [0.3, 0.4) is 0 Å². The summed E-state index contributed by atoms with van der Waals surface area (Å²) in [6.45, 7) is 2.83. The Morgan fingerprint density at radius 1 is 1.00 bits per heavy atom. The SMILES string of the molecule is COc1ccc(CCN2C(=O)C3(CCN(C(=O)[C@H]4CCCN4)CC3)N(C)C2c2ccc(C3CC3)cc2)cc1. The third-order valence-electron chi connectivity index (χ3n) is 9.34. The molecule has 2 aromatic carbocycles. The second-order valence-corrected chi connectivity index (χ2v) is 11.5. The number of carbonyl (C=O) groups excluding carboxylic acids is 2. The summed E-state index contributed by atoms with van der Waals surface area (Å²) in [5, 5.41) is 3.34. The first-order chi connectivity index (χ1) is 18.5. The van der Waals surface area contributed by atoms with Gasteiger partial charge < -0.3 is 19.9 Å². The fraction of sp³-hybridized carbons (Fsp3) is 0.548. The molecule has 1 spiro atoms. The first-order valence-corrected chi connectivity index (χ1v) is 14.3. The summed E-state index contributed by atoms with van der Waals surface area (Å²) in [6, 6.07) is 17.0. The van der Waals surface area contributed by atoms with Gasteiger partial charge in [-0.25, -0.2) is 0 Å². The summed E-state index contributed by atoms with van der Waals surface area (Å²) in [5.41, 5.74) is 3.20. The quantitative estimate of drug-likeness (QED) is 0.608. The van der Waals surface area contributed by atoms with E-state index in [-0.39, 0.29) is 24.0 Å². The number of hydrogen-bond donors (Lipinski definition) is 1. The molecule has 38 heavy (non-hydrogen) atoms. The highest BCUT2D eigenvalue weighted by Crippen LogP contribution is 2.46. The molecule has 1 saturated carbocycles. The Hall–Kier alpha value is -2.90. The molecule has 7 nitrogen and oxygen atoms in total. The van der Waals surface area contributed by atoms with Gasteiger partial charge in [0.2, 0.25) is 11.8 Å². The lowest BCUT2D eigenvalue weighted by Gasteiger charge is -2.42. The van der Waals surface area contributed by atoms with E-state index in [0.29, 0.717) is 38.4 Å².